The van der Waals surface area contributed by atoms with E-state index in [-0.39, 0.29) is 0 Å². The van der Waals surface area contributed by atoms with Crippen molar-refractivity contribution in [3.05, 3.63) is 12.3 Å². The third-order valence-corrected chi connectivity index (χ3v) is 2.41. The summed E-state index contributed by atoms with van der Waals surface area (Å²) >= 11 is 0. The number of rotatable bonds is 2. The first-order valence-electron chi connectivity index (χ1n) is 4.56. The van der Waals surface area contributed by atoms with Gasteiger partial charge in [-0.3, -0.25) is 0 Å². The number of ether oxygens (including phenoxy) is 1. The predicted octanol–water partition coefficient (Wildman–Crippen LogP) is 1.88. The predicted molar refractivity (Wildman–Crippen MR) is 51.0 cm³/mol. The lowest BCUT2D eigenvalue weighted by molar-refractivity contribution is 0.0445. The minimum Gasteiger partial charge on any atom is -0.384 e. The van der Waals surface area contributed by atoms with Crippen LogP contribution < -0.4 is 0 Å². The average molecular weight is 169 g/mol. The molecule has 2 nitrogen and oxygen atoms in total. The van der Waals surface area contributed by atoms with Crippen LogP contribution in [0.3, 0.4) is 0 Å². The van der Waals surface area contributed by atoms with Crippen LogP contribution in [-0.2, 0) is 4.74 Å². The van der Waals surface area contributed by atoms with Crippen molar-refractivity contribution in [2.75, 3.05) is 27.3 Å². The number of allylic oxidation sites excluding steroid dienone is 1. The topological polar surface area (TPSA) is 12.5 Å². The molecule has 1 heterocycles. The zero-order chi connectivity index (χ0) is 9.03. The monoisotopic (exact) mass is 169 g/mol. The van der Waals surface area contributed by atoms with E-state index in [2.05, 4.69) is 38.2 Å². The van der Waals surface area contributed by atoms with Gasteiger partial charge in [0.2, 0.25) is 0 Å². The average Bonchev–Trinajstić information content (AvgIpc) is 2.03. The van der Waals surface area contributed by atoms with Crippen molar-refractivity contribution >= 4 is 0 Å². The van der Waals surface area contributed by atoms with E-state index in [1.54, 1.807) is 0 Å². The van der Waals surface area contributed by atoms with Crippen molar-refractivity contribution in [3.63, 3.8) is 0 Å². The normalized spacial score (nSPS) is 22.9. The second kappa shape index (κ2) is 3.94. The molecule has 0 radical (unpaired) electrons. The molecule has 0 aliphatic carbocycles. The third kappa shape index (κ3) is 2.86. The Morgan fingerprint density at radius 2 is 1.83 bits per heavy atom. The van der Waals surface area contributed by atoms with Gasteiger partial charge < -0.3 is 9.64 Å². The lowest BCUT2D eigenvalue weighted by atomic mass is 9.82. The molecule has 0 aromatic carbocycles. The summed E-state index contributed by atoms with van der Waals surface area (Å²) in [6.07, 6.45) is 6.75. The van der Waals surface area contributed by atoms with Gasteiger partial charge in [0, 0.05) is 27.3 Å². The first kappa shape index (κ1) is 9.59. The van der Waals surface area contributed by atoms with Crippen LogP contribution in [0.5, 0.6) is 0 Å². The molecule has 0 spiro atoms. The first-order valence-corrected chi connectivity index (χ1v) is 4.56. The molecule has 0 saturated carbocycles. The highest BCUT2D eigenvalue weighted by molar-refractivity contribution is 4.97. The van der Waals surface area contributed by atoms with Gasteiger partial charge in [0.15, 0.2) is 0 Å². The van der Waals surface area contributed by atoms with Gasteiger partial charge in [0.1, 0.15) is 0 Å². The second-order valence-electron chi connectivity index (χ2n) is 4.05. The van der Waals surface area contributed by atoms with Gasteiger partial charge in [-0.05, 0) is 24.5 Å². The fraction of sp³-hybridized carbons (Fsp3) is 0.800. The molecular formula is C10H19NO. The van der Waals surface area contributed by atoms with E-state index in [4.69, 9.17) is 4.74 Å². The molecule has 1 rings (SSSR count). The zero-order valence-electron chi connectivity index (χ0n) is 8.34. The van der Waals surface area contributed by atoms with Crippen molar-refractivity contribution in [2.45, 2.75) is 19.8 Å². The Morgan fingerprint density at radius 3 is 2.33 bits per heavy atom. The maximum atomic E-state index is 5.32. The fourth-order valence-corrected chi connectivity index (χ4v) is 1.33. The van der Waals surface area contributed by atoms with E-state index in [9.17, 15) is 0 Å². The van der Waals surface area contributed by atoms with Gasteiger partial charge >= 0.3 is 0 Å². The maximum Gasteiger partial charge on any atom is 0.0474 e. The third-order valence-electron chi connectivity index (χ3n) is 2.41. The minimum atomic E-state index is 0.364. The largest absolute Gasteiger partial charge is 0.384 e. The van der Waals surface area contributed by atoms with Gasteiger partial charge in [-0.2, -0.15) is 0 Å². The highest BCUT2D eigenvalue weighted by Crippen LogP contribution is 2.30. The summed E-state index contributed by atoms with van der Waals surface area (Å²) in [5, 5.41) is 0. The Morgan fingerprint density at radius 1 is 1.25 bits per heavy atom. The second-order valence-corrected chi connectivity index (χ2v) is 4.05. The standard InChI is InChI=1S/C10H19NO/c1-10(4-7-11(2)3)5-8-12-9-6-10/h4,7H,5-6,8-9H2,1-3H3. The highest BCUT2D eigenvalue weighted by Gasteiger charge is 2.23. The van der Waals surface area contributed by atoms with E-state index in [0.29, 0.717) is 5.41 Å². The first-order chi connectivity index (χ1) is 5.62. The van der Waals surface area contributed by atoms with Crippen molar-refractivity contribution in [1.82, 2.24) is 4.90 Å². The van der Waals surface area contributed by atoms with Crippen LogP contribution in [0.15, 0.2) is 12.3 Å². The summed E-state index contributed by atoms with van der Waals surface area (Å²) < 4.78 is 5.32. The van der Waals surface area contributed by atoms with Gasteiger partial charge in [0.05, 0.1) is 0 Å². The molecule has 0 unspecified atom stereocenters. The van der Waals surface area contributed by atoms with Crippen LogP contribution in [0.2, 0.25) is 0 Å². The van der Waals surface area contributed by atoms with Crippen molar-refractivity contribution in [2.24, 2.45) is 5.41 Å². The Bertz CT molecular complexity index is 157. The van der Waals surface area contributed by atoms with E-state index in [1.807, 2.05) is 0 Å². The Kier molecular flexibility index (Phi) is 3.15. The lowest BCUT2D eigenvalue weighted by Gasteiger charge is -2.30. The van der Waals surface area contributed by atoms with Gasteiger partial charge in [-0.25, -0.2) is 0 Å². The summed E-state index contributed by atoms with van der Waals surface area (Å²) in [6, 6.07) is 0. The maximum absolute atomic E-state index is 5.32. The Hall–Kier alpha value is -0.500. The quantitative estimate of drug-likeness (QED) is 0.626. The minimum absolute atomic E-state index is 0.364. The fourth-order valence-electron chi connectivity index (χ4n) is 1.33. The van der Waals surface area contributed by atoms with E-state index >= 15 is 0 Å². The van der Waals surface area contributed by atoms with Crippen LogP contribution in [0.1, 0.15) is 19.8 Å². The molecule has 12 heavy (non-hydrogen) atoms. The van der Waals surface area contributed by atoms with Gasteiger partial charge in [-0.15, -0.1) is 0 Å². The SMILES string of the molecule is CN(C)C=CC1(C)CCOCC1. The van der Waals surface area contributed by atoms with Gasteiger partial charge in [-0.1, -0.05) is 13.0 Å². The van der Waals surface area contributed by atoms with Crippen LogP contribution >= 0.6 is 0 Å². The molecule has 0 N–H and O–H groups in total. The number of hydrogen-bond acceptors (Lipinski definition) is 2. The summed E-state index contributed by atoms with van der Waals surface area (Å²) in [4.78, 5) is 2.08. The zero-order valence-corrected chi connectivity index (χ0v) is 8.34. The Balaban J connectivity index is 2.46. The van der Waals surface area contributed by atoms with Crippen molar-refractivity contribution < 1.29 is 4.74 Å². The molecule has 1 fully saturated rings. The summed E-state index contributed by atoms with van der Waals surface area (Å²) in [5.41, 5.74) is 0.364. The molecule has 0 aromatic rings. The van der Waals surface area contributed by atoms with E-state index < -0.39 is 0 Å². The highest BCUT2D eigenvalue weighted by atomic mass is 16.5. The van der Waals surface area contributed by atoms with Gasteiger partial charge in [0.25, 0.3) is 0 Å². The molecular weight excluding hydrogens is 150 g/mol. The molecule has 0 amide bonds. The lowest BCUT2D eigenvalue weighted by Crippen LogP contribution is -2.24. The summed E-state index contributed by atoms with van der Waals surface area (Å²) in [7, 11) is 4.11. The molecule has 1 aliphatic heterocycles. The Labute approximate surface area is 75.2 Å². The number of nitrogens with zero attached hydrogens (tertiary/aromatic N) is 1. The van der Waals surface area contributed by atoms with E-state index in [1.165, 1.54) is 0 Å². The van der Waals surface area contributed by atoms with Crippen LogP contribution in [0.25, 0.3) is 0 Å². The summed E-state index contributed by atoms with van der Waals surface area (Å²) in [6.45, 7) is 4.12. The molecule has 0 atom stereocenters. The molecule has 70 valence electrons. The molecule has 0 aromatic heterocycles. The van der Waals surface area contributed by atoms with Crippen LogP contribution in [0, 0.1) is 5.41 Å². The molecule has 1 aliphatic rings. The summed E-state index contributed by atoms with van der Waals surface area (Å²) in [5.74, 6) is 0. The smallest absolute Gasteiger partial charge is 0.0474 e. The van der Waals surface area contributed by atoms with Crippen LogP contribution in [0.4, 0.5) is 0 Å². The molecule has 0 bridgehead atoms. The van der Waals surface area contributed by atoms with E-state index in [0.717, 1.165) is 26.1 Å². The van der Waals surface area contributed by atoms with Crippen molar-refractivity contribution in [1.29, 1.82) is 0 Å². The molecule has 2 heteroatoms. The van der Waals surface area contributed by atoms with Crippen molar-refractivity contribution in [3.8, 4) is 0 Å². The van der Waals surface area contributed by atoms with Crippen LogP contribution in [-0.4, -0.2) is 32.2 Å². The number of hydrogen-bond donors (Lipinski definition) is 0. The molecule has 1 saturated heterocycles.